The van der Waals surface area contributed by atoms with E-state index in [0.717, 1.165) is 11.3 Å². The van der Waals surface area contributed by atoms with E-state index in [-0.39, 0.29) is 0 Å². The number of hydrogen-bond donors (Lipinski definition) is 1. The highest BCUT2D eigenvalue weighted by atomic mass is 16.4. The van der Waals surface area contributed by atoms with Gasteiger partial charge in [-0.3, -0.25) is 4.98 Å². The lowest BCUT2D eigenvalue weighted by atomic mass is 10.0. The van der Waals surface area contributed by atoms with Crippen molar-refractivity contribution >= 4 is 11.5 Å². The SMILES string of the molecule is CC/C(C(=O)O)=C(\C)c1ccccn1. The lowest BCUT2D eigenvalue weighted by molar-refractivity contribution is -0.132. The Labute approximate surface area is 83.1 Å². The van der Waals surface area contributed by atoms with E-state index in [9.17, 15) is 4.79 Å². The maximum Gasteiger partial charge on any atom is 0.331 e. The fourth-order valence-electron chi connectivity index (χ4n) is 1.32. The smallest absolute Gasteiger partial charge is 0.331 e. The quantitative estimate of drug-likeness (QED) is 0.746. The largest absolute Gasteiger partial charge is 0.478 e. The zero-order valence-corrected chi connectivity index (χ0v) is 8.32. The zero-order chi connectivity index (χ0) is 10.6. The molecule has 0 radical (unpaired) electrons. The molecule has 74 valence electrons. The molecule has 1 N–H and O–H groups in total. The molecule has 0 fully saturated rings. The van der Waals surface area contributed by atoms with Crippen molar-refractivity contribution in [2.24, 2.45) is 0 Å². The van der Waals surface area contributed by atoms with Crippen LogP contribution in [0.1, 0.15) is 26.0 Å². The van der Waals surface area contributed by atoms with Gasteiger partial charge in [0, 0.05) is 11.8 Å². The van der Waals surface area contributed by atoms with Gasteiger partial charge in [0.2, 0.25) is 0 Å². The first-order valence-electron chi connectivity index (χ1n) is 4.51. The van der Waals surface area contributed by atoms with Crippen molar-refractivity contribution in [2.45, 2.75) is 20.3 Å². The molecule has 0 saturated carbocycles. The third-order valence-electron chi connectivity index (χ3n) is 2.11. The Morgan fingerprint density at radius 2 is 2.21 bits per heavy atom. The molecule has 3 nitrogen and oxygen atoms in total. The van der Waals surface area contributed by atoms with Crippen LogP contribution in [-0.2, 0) is 4.79 Å². The minimum Gasteiger partial charge on any atom is -0.478 e. The van der Waals surface area contributed by atoms with Crippen LogP contribution in [0, 0.1) is 0 Å². The van der Waals surface area contributed by atoms with Crippen molar-refractivity contribution in [1.29, 1.82) is 0 Å². The fourth-order valence-corrected chi connectivity index (χ4v) is 1.32. The number of carboxylic acid groups (broad SMARTS) is 1. The molecule has 0 unspecified atom stereocenters. The lowest BCUT2D eigenvalue weighted by Crippen LogP contribution is -2.02. The highest BCUT2D eigenvalue weighted by molar-refractivity contribution is 5.95. The monoisotopic (exact) mass is 191 g/mol. The highest BCUT2D eigenvalue weighted by Crippen LogP contribution is 2.18. The van der Waals surface area contributed by atoms with Crippen LogP contribution in [0.4, 0.5) is 0 Å². The molecule has 0 aliphatic rings. The molecule has 0 aromatic carbocycles. The van der Waals surface area contributed by atoms with Gasteiger partial charge in [-0.1, -0.05) is 13.0 Å². The van der Waals surface area contributed by atoms with Crippen molar-refractivity contribution in [3.8, 4) is 0 Å². The number of nitrogens with zero attached hydrogens (tertiary/aromatic N) is 1. The molecule has 0 aliphatic carbocycles. The molecule has 0 atom stereocenters. The first kappa shape index (κ1) is 10.4. The van der Waals surface area contributed by atoms with Crippen molar-refractivity contribution in [1.82, 2.24) is 4.98 Å². The first-order valence-corrected chi connectivity index (χ1v) is 4.51. The average Bonchev–Trinajstić information content (AvgIpc) is 2.19. The number of aromatic nitrogens is 1. The van der Waals surface area contributed by atoms with Gasteiger partial charge in [0.25, 0.3) is 0 Å². The van der Waals surface area contributed by atoms with E-state index in [1.165, 1.54) is 0 Å². The Kier molecular flexibility index (Phi) is 3.40. The third-order valence-corrected chi connectivity index (χ3v) is 2.11. The highest BCUT2D eigenvalue weighted by Gasteiger charge is 2.10. The van der Waals surface area contributed by atoms with Crippen LogP contribution in [0.15, 0.2) is 30.0 Å². The van der Waals surface area contributed by atoms with Crippen LogP contribution >= 0.6 is 0 Å². The van der Waals surface area contributed by atoms with E-state index in [1.54, 1.807) is 13.1 Å². The van der Waals surface area contributed by atoms with Crippen molar-refractivity contribution in [3.05, 3.63) is 35.7 Å². The van der Waals surface area contributed by atoms with Gasteiger partial charge < -0.3 is 5.11 Å². The van der Waals surface area contributed by atoms with Gasteiger partial charge in [-0.2, -0.15) is 0 Å². The maximum atomic E-state index is 10.9. The summed E-state index contributed by atoms with van der Waals surface area (Å²) in [5, 5.41) is 8.92. The second-order valence-corrected chi connectivity index (χ2v) is 2.98. The summed E-state index contributed by atoms with van der Waals surface area (Å²) >= 11 is 0. The van der Waals surface area contributed by atoms with Crippen LogP contribution in [0.2, 0.25) is 0 Å². The summed E-state index contributed by atoms with van der Waals surface area (Å²) in [4.78, 5) is 15.0. The number of pyridine rings is 1. The van der Waals surface area contributed by atoms with E-state index in [4.69, 9.17) is 5.11 Å². The van der Waals surface area contributed by atoms with Gasteiger partial charge in [0.1, 0.15) is 0 Å². The fraction of sp³-hybridized carbons (Fsp3) is 0.273. The Balaban J connectivity index is 3.15. The Bertz CT molecular complexity index is 355. The number of rotatable bonds is 3. The number of aliphatic carboxylic acids is 1. The molecule has 1 aromatic heterocycles. The summed E-state index contributed by atoms with van der Waals surface area (Å²) < 4.78 is 0. The summed E-state index contributed by atoms with van der Waals surface area (Å²) in [6.45, 7) is 3.62. The van der Waals surface area contributed by atoms with Crippen molar-refractivity contribution < 1.29 is 9.90 Å². The summed E-state index contributed by atoms with van der Waals surface area (Å²) in [5.74, 6) is -0.865. The lowest BCUT2D eigenvalue weighted by Gasteiger charge is -2.04. The van der Waals surface area contributed by atoms with E-state index in [2.05, 4.69) is 4.98 Å². The van der Waals surface area contributed by atoms with Crippen LogP contribution in [0.5, 0.6) is 0 Å². The topological polar surface area (TPSA) is 50.2 Å². The van der Waals surface area contributed by atoms with Crippen molar-refractivity contribution in [2.75, 3.05) is 0 Å². The molecular formula is C11H13NO2. The third kappa shape index (κ3) is 2.19. The van der Waals surface area contributed by atoms with Crippen LogP contribution < -0.4 is 0 Å². The zero-order valence-electron chi connectivity index (χ0n) is 8.32. The molecular weight excluding hydrogens is 178 g/mol. The van der Waals surface area contributed by atoms with Gasteiger partial charge in [-0.25, -0.2) is 4.79 Å². The van der Waals surface area contributed by atoms with Gasteiger partial charge >= 0.3 is 5.97 Å². The molecule has 0 amide bonds. The summed E-state index contributed by atoms with van der Waals surface area (Å²) in [6, 6.07) is 5.47. The van der Waals surface area contributed by atoms with Gasteiger partial charge in [-0.15, -0.1) is 0 Å². The number of carbonyl (C=O) groups is 1. The Morgan fingerprint density at radius 1 is 1.50 bits per heavy atom. The number of carboxylic acids is 1. The Hall–Kier alpha value is -1.64. The minimum atomic E-state index is -0.865. The molecule has 0 spiro atoms. The summed E-state index contributed by atoms with van der Waals surface area (Å²) in [7, 11) is 0. The average molecular weight is 191 g/mol. The molecule has 14 heavy (non-hydrogen) atoms. The first-order chi connectivity index (χ1) is 6.66. The van der Waals surface area contributed by atoms with Crippen LogP contribution in [0.3, 0.4) is 0 Å². The number of hydrogen-bond acceptors (Lipinski definition) is 2. The summed E-state index contributed by atoms with van der Waals surface area (Å²) in [5.41, 5.74) is 1.89. The standard InChI is InChI=1S/C11H13NO2/c1-3-9(11(13)14)8(2)10-6-4-5-7-12-10/h4-7H,3H2,1-2H3,(H,13,14)/b9-8-. The molecule has 1 heterocycles. The predicted octanol–water partition coefficient (Wildman–Crippen LogP) is 2.35. The normalized spacial score (nSPS) is 12.1. The van der Waals surface area contributed by atoms with Crippen LogP contribution in [-0.4, -0.2) is 16.1 Å². The Morgan fingerprint density at radius 3 is 2.64 bits per heavy atom. The molecule has 1 rings (SSSR count). The second kappa shape index (κ2) is 4.56. The van der Waals surface area contributed by atoms with Gasteiger partial charge in [0.15, 0.2) is 0 Å². The van der Waals surface area contributed by atoms with E-state index in [1.807, 2.05) is 25.1 Å². The maximum absolute atomic E-state index is 10.9. The molecule has 0 aliphatic heterocycles. The number of allylic oxidation sites excluding steroid dienone is 1. The molecule has 1 aromatic rings. The van der Waals surface area contributed by atoms with E-state index < -0.39 is 5.97 Å². The molecule has 3 heteroatoms. The van der Waals surface area contributed by atoms with E-state index in [0.29, 0.717) is 12.0 Å². The predicted molar refractivity (Wildman–Crippen MR) is 54.8 cm³/mol. The van der Waals surface area contributed by atoms with Crippen molar-refractivity contribution in [3.63, 3.8) is 0 Å². The van der Waals surface area contributed by atoms with Gasteiger partial charge in [0.05, 0.1) is 5.69 Å². The minimum absolute atomic E-state index is 0.420. The second-order valence-electron chi connectivity index (χ2n) is 2.98. The summed E-state index contributed by atoms with van der Waals surface area (Å²) in [6.07, 6.45) is 2.17. The molecule has 0 bridgehead atoms. The van der Waals surface area contributed by atoms with E-state index >= 15 is 0 Å². The molecule has 0 saturated heterocycles. The van der Waals surface area contributed by atoms with Crippen LogP contribution in [0.25, 0.3) is 5.57 Å². The van der Waals surface area contributed by atoms with Gasteiger partial charge in [-0.05, 0) is 31.1 Å².